The lowest BCUT2D eigenvalue weighted by Crippen LogP contribution is -2.30. The van der Waals surface area contributed by atoms with Crippen molar-refractivity contribution in [2.75, 3.05) is 18.9 Å². The summed E-state index contributed by atoms with van der Waals surface area (Å²) in [7, 11) is 0. The highest BCUT2D eigenvalue weighted by atomic mass is 32.1. The van der Waals surface area contributed by atoms with Gasteiger partial charge in [-0.3, -0.25) is 4.79 Å². The van der Waals surface area contributed by atoms with Crippen molar-refractivity contribution in [2.24, 2.45) is 0 Å². The number of nitrogens with two attached hydrogens (primary N) is 1. The summed E-state index contributed by atoms with van der Waals surface area (Å²) in [6, 6.07) is 7.88. The molecule has 0 bridgehead atoms. The van der Waals surface area contributed by atoms with Crippen molar-refractivity contribution in [3.8, 4) is 5.75 Å². The van der Waals surface area contributed by atoms with Crippen LogP contribution in [0.25, 0.3) is 0 Å². The summed E-state index contributed by atoms with van der Waals surface area (Å²) >= 11 is 1.38. The van der Waals surface area contributed by atoms with E-state index in [9.17, 15) is 4.79 Å². The quantitative estimate of drug-likeness (QED) is 0.680. The van der Waals surface area contributed by atoms with Crippen molar-refractivity contribution < 1.29 is 9.53 Å². The van der Waals surface area contributed by atoms with Crippen LogP contribution in [0.15, 0.2) is 24.3 Å². The van der Waals surface area contributed by atoms with E-state index in [0.29, 0.717) is 17.6 Å². The van der Waals surface area contributed by atoms with E-state index in [-0.39, 0.29) is 12.5 Å². The van der Waals surface area contributed by atoms with Gasteiger partial charge in [-0.15, -0.1) is 10.2 Å². The highest BCUT2D eigenvalue weighted by Gasteiger charge is 2.11. The molecule has 0 fully saturated rings. The highest BCUT2D eigenvalue weighted by Crippen LogP contribution is 2.28. The van der Waals surface area contributed by atoms with Crippen molar-refractivity contribution in [3.63, 3.8) is 0 Å². The Morgan fingerprint density at radius 2 is 2.17 bits per heavy atom. The Morgan fingerprint density at radius 3 is 2.88 bits per heavy atom. The summed E-state index contributed by atoms with van der Waals surface area (Å²) in [5.41, 5.74) is 6.67. The fourth-order valence-electron chi connectivity index (χ4n) is 2.27. The molecule has 6 nitrogen and oxygen atoms in total. The molecule has 1 aromatic heterocycles. The molecule has 24 heavy (non-hydrogen) atoms. The Labute approximate surface area is 146 Å². The van der Waals surface area contributed by atoms with Gasteiger partial charge in [0.05, 0.1) is 0 Å². The number of para-hydroxylation sites is 1. The molecular formula is C17H24N4O2S. The largest absolute Gasteiger partial charge is 0.483 e. The van der Waals surface area contributed by atoms with Crippen LogP contribution in [-0.4, -0.2) is 29.3 Å². The van der Waals surface area contributed by atoms with E-state index in [1.807, 2.05) is 18.2 Å². The van der Waals surface area contributed by atoms with Crippen molar-refractivity contribution >= 4 is 22.4 Å². The Morgan fingerprint density at radius 1 is 1.38 bits per heavy atom. The smallest absolute Gasteiger partial charge is 0.257 e. The Hall–Kier alpha value is -2.15. The zero-order chi connectivity index (χ0) is 17.4. The van der Waals surface area contributed by atoms with Crippen LogP contribution in [0, 0.1) is 0 Å². The number of anilines is 1. The number of carbonyl (C=O) groups excluding carboxylic acids is 1. The molecule has 0 aliphatic carbocycles. The molecule has 2 aromatic rings. The molecular weight excluding hydrogens is 324 g/mol. The van der Waals surface area contributed by atoms with Gasteiger partial charge >= 0.3 is 0 Å². The van der Waals surface area contributed by atoms with Gasteiger partial charge in [-0.1, -0.05) is 43.4 Å². The zero-order valence-electron chi connectivity index (χ0n) is 14.1. The third-order valence-electron chi connectivity index (χ3n) is 3.79. The minimum Gasteiger partial charge on any atom is -0.483 e. The Kier molecular flexibility index (Phi) is 6.99. The van der Waals surface area contributed by atoms with Gasteiger partial charge in [0, 0.05) is 13.0 Å². The molecule has 0 saturated heterocycles. The molecule has 2 rings (SSSR count). The van der Waals surface area contributed by atoms with Gasteiger partial charge < -0.3 is 15.8 Å². The first kappa shape index (κ1) is 18.2. The van der Waals surface area contributed by atoms with E-state index in [1.54, 1.807) is 0 Å². The van der Waals surface area contributed by atoms with E-state index in [4.69, 9.17) is 10.5 Å². The van der Waals surface area contributed by atoms with Crippen molar-refractivity contribution in [3.05, 3.63) is 34.8 Å². The fraction of sp³-hybridized carbons (Fsp3) is 0.471. The lowest BCUT2D eigenvalue weighted by molar-refractivity contribution is -0.123. The van der Waals surface area contributed by atoms with E-state index in [0.717, 1.165) is 35.6 Å². The molecule has 1 heterocycles. The van der Waals surface area contributed by atoms with Gasteiger partial charge in [-0.05, 0) is 30.4 Å². The normalized spacial score (nSPS) is 11.9. The summed E-state index contributed by atoms with van der Waals surface area (Å²) in [4.78, 5) is 11.9. The van der Waals surface area contributed by atoms with Gasteiger partial charge in [0.15, 0.2) is 6.61 Å². The second-order valence-corrected chi connectivity index (χ2v) is 6.72. The fourth-order valence-corrected chi connectivity index (χ4v) is 2.92. The SMILES string of the molecule is CC[C@H](C)c1ccccc1OCC(=O)NCCCc1nnc(N)s1. The van der Waals surface area contributed by atoms with Gasteiger partial charge in [-0.2, -0.15) is 0 Å². The number of amides is 1. The summed E-state index contributed by atoms with van der Waals surface area (Å²) in [5.74, 6) is 1.07. The molecule has 1 aromatic carbocycles. The van der Waals surface area contributed by atoms with Crippen LogP contribution in [0.4, 0.5) is 5.13 Å². The zero-order valence-corrected chi connectivity index (χ0v) is 14.9. The van der Waals surface area contributed by atoms with Crippen LogP contribution in [0.3, 0.4) is 0 Å². The van der Waals surface area contributed by atoms with Crippen LogP contribution in [-0.2, 0) is 11.2 Å². The highest BCUT2D eigenvalue weighted by molar-refractivity contribution is 7.15. The number of carbonyl (C=O) groups is 1. The van der Waals surface area contributed by atoms with E-state index >= 15 is 0 Å². The van der Waals surface area contributed by atoms with E-state index < -0.39 is 0 Å². The molecule has 0 saturated carbocycles. The molecule has 0 aliphatic heterocycles. The van der Waals surface area contributed by atoms with Gasteiger partial charge in [0.2, 0.25) is 5.13 Å². The average molecular weight is 348 g/mol. The summed E-state index contributed by atoms with van der Waals surface area (Å²) < 4.78 is 5.69. The number of ether oxygens (including phenoxy) is 1. The number of aryl methyl sites for hydroxylation is 1. The number of benzene rings is 1. The van der Waals surface area contributed by atoms with Gasteiger partial charge in [0.25, 0.3) is 5.91 Å². The summed E-state index contributed by atoms with van der Waals surface area (Å²) in [6.45, 7) is 4.90. The summed E-state index contributed by atoms with van der Waals surface area (Å²) in [6.07, 6.45) is 2.58. The number of hydrogen-bond donors (Lipinski definition) is 2. The second kappa shape index (κ2) is 9.22. The molecule has 1 atom stereocenters. The van der Waals surface area contributed by atoms with E-state index in [2.05, 4.69) is 35.4 Å². The van der Waals surface area contributed by atoms with Crippen molar-refractivity contribution in [2.45, 2.75) is 39.0 Å². The topological polar surface area (TPSA) is 90.1 Å². The third-order valence-corrected chi connectivity index (χ3v) is 4.61. The molecule has 1 amide bonds. The number of rotatable bonds is 9. The number of hydrogen-bond acceptors (Lipinski definition) is 6. The van der Waals surface area contributed by atoms with Crippen molar-refractivity contribution in [1.82, 2.24) is 15.5 Å². The first-order chi connectivity index (χ1) is 11.6. The maximum atomic E-state index is 11.9. The predicted octanol–water partition coefficient (Wildman–Crippen LogP) is 2.76. The predicted molar refractivity (Wildman–Crippen MR) is 96.3 cm³/mol. The molecule has 0 radical (unpaired) electrons. The molecule has 130 valence electrons. The van der Waals surface area contributed by atoms with Crippen LogP contribution in [0.1, 0.15) is 43.2 Å². The first-order valence-corrected chi connectivity index (χ1v) is 8.98. The minimum absolute atomic E-state index is 0.0270. The van der Waals surface area contributed by atoms with Crippen LogP contribution < -0.4 is 15.8 Å². The number of aromatic nitrogens is 2. The van der Waals surface area contributed by atoms with E-state index in [1.165, 1.54) is 11.3 Å². The van der Waals surface area contributed by atoms with Gasteiger partial charge in [-0.25, -0.2) is 0 Å². The maximum absolute atomic E-state index is 11.9. The van der Waals surface area contributed by atoms with Crippen LogP contribution in [0.5, 0.6) is 5.75 Å². The van der Waals surface area contributed by atoms with Crippen LogP contribution in [0.2, 0.25) is 0 Å². The number of nitrogen functional groups attached to an aromatic ring is 1. The lowest BCUT2D eigenvalue weighted by Gasteiger charge is -2.15. The average Bonchev–Trinajstić information content (AvgIpc) is 3.01. The third kappa shape index (κ3) is 5.49. The maximum Gasteiger partial charge on any atom is 0.257 e. The second-order valence-electron chi connectivity index (χ2n) is 5.62. The molecule has 0 aliphatic rings. The molecule has 0 spiro atoms. The molecule has 7 heteroatoms. The lowest BCUT2D eigenvalue weighted by atomic mass is 9.98. The van der Waals surface area contributed by atoms with Crippen molar-refractivity contribution in [1.29, 1.82) is 0 Å². The Bertz CT molecular complexity index is 660. The monoisotopic (exact) mass is 348 g/mol. The standard InChI is InChI=1S/C17H24N4O2S/c1-3-12(2)13-7-4-5-8-14(13)23-11-15(22)19-10-6-9-16-20-21-17(18)24-16/h4-5,7-8,12H,3,6,9-11H2,1-2H3,(H2,18,21)(H,19,22)/t12-/m0/s1. The molecule has 0 unspecified atom stereocenters. The minimum atomic E-state index is -0.120. The number of nitrogens with one attached hydrogen (secondary N) is 1. The first-order valence-electron chi connectivity index (χ1n) is 8.16. The van der Waals surface area contributed by atoms with Crippen LogP contribution >= 0.6 is 11.3 Å². The number of nitrogens with zero attached hydrogens (tertiary/aromatic N) is 2. The summed E-state index contributed by atoms with van der Waals surface area (Å²) in [5, 5.41) is 11.9. The Balaban J connectivity index is 1.71. The van der Waals surface area contributed by atoms with Gasteiger partial charge in [0.1, 0.15) is 10.8 Å². The molecule has 3 N–H and O–H groups in total.